The molecule has 0 saturated heterocycles. The molecule has 1 heterocycles. The number of hydrogen-bond donors (Lipinski definition) is 0. The van der Waals surface area contributed by atoms with Crippen molar-refractivity contribution in [3.05, 3.63) is 27.6 Å². The monoisotopic (exact) mass is 391 g/mol. The maximum atomic E-state index is 6.05. The molecule has 1 atom stereocenters. The highest BCUT2D eigenvalue weighted by atomic mass is 127. The van der Waals surface area contributed by atoms with Crippen molar-refractivity contribution in [2.75, 3.05) is 20.6 Å². The molecule has 2 rings (SSSR count). The van der Waals surface area contributed by atoms with E-state index in [4.69, 9.17) is 11.6 Å². The molecule has 0 radical (unpaired) electrons. The van der Waals surface area contributed by atoms with Crippen molar-refractivity contribution in [2.24, 2.45) is 0 Å². The van der Waals surface area contributed by atoms with Crippen molar-refractivity contribution < 1.29 is 0 Å². The Morgan fingerprint density at radius 2 is 2.16 bits per heavy atom. The van der Waals surface area contributed by atoms with Gasteiger partial charge in [-0.15, -0.1) is 11.6 Å². The van der Waals surface area contributed by atoms with Crippen molar-refractivity contribution in [1.29, 1.82) is 0 Å². The van der Waals surface area contributed by atoms with Gasteiger partial charge in [0.05, 0.1) is 16.9 Å². The Bertz CT molecular complexity index is 565. The highest BCUT2D eigenvalue weighted by molar-refractivity contribution is 14.1. The number of benzene rings is 1. The van der Waals surface area contributed by atoms with Gasteiger partial charge in [0, 0.05) is 9.61 Å². The van der Waals surface area contributed by atoms with Gasteiger partial charge in [0.1, 0.15) is 5.82 Å². The van der Waals surface area contributed by atoms with Crippen LogP contribution in [0, 0.1) is 3.57 Å². The molecule has 0 spiro atoms. The summed E-state index contributed by atoms with van der Waals surface area (Å²) in [5, 5.41) is 0. The molecule has 0 aliphatic carbocycles. The quantitative estimate of drug-likeness (QED) is 0.569. The second kappa shape index (κ2) is 6.41. The number of hydrogen-bond acceptors (Lipinski definition) is 2. The molecule has 19 heavy (non-hydrogen) atoms. The van der Waals surface area contributed by atoms with E-state index in [-0.39, 0.29) is 0 Å². The van der Waals surface area contributed by atoms with E-state index < -0.39 is 0 Å². The summed E-state index contributed by atoms with van der Waals surface area (Å²) in [7, 11) is 4.20. The van der Waals surface area contributed by atoms with Crippen LogP contribution >= 0.6 is 34.2 Å². The SMILES string of the molecule is CC(CCN(C)C)n1c(CCl)nc2cc(I)ccc21. The molecule has 1 aromatic carbocycles. The van der Waals surface area contributed by atoms with Gasteiger partial charge in [-0.1, -0.05) is 0 Å². The minimum atomic E-state index is 0.404. The second-order valence-electron chi connectivity index (χ2n) is 5.11. The van der Waals surface area contributed by atoms with Gasteiger partial charge in [0.25, 0.3) is 0 Å². The normalized spacial score (nSPS) is 13.4. The zero-order valence-corrected chi connectivity index (χ0v) is 14.4. The molecule has 0 fully saturated rings. The van der Waals surface area contributed by atoms with Gasteiger partial charge >= 0.3 is 0 Å². The summed E-state index contributed by atoms with van der Waals surface area (Å²) in [5.74, 6) is 1.42. The average Bonchev–Trinajstić information content (AvgIpc) is 2.73. The van der Waals surface area contributed by atoms with Gasteiger partial charge in [-0.05, 0) is 74.8 Å². The van der Waals surface area contributed by atoms with E-state index in [0.29, 0.717) is 11.9 Å². The summed E-state index contributed by atoms with van der Waals surface area (Å²) in [6.07, 6.45) is 1.09. The van der Waals surface area contributed by atoms with Crippen molar-refractivity contribution in [3.63, 3.8) is 0 Å². The molecule has 1 unspecified atom stereocenters. The Hall–Kier alpha value is -0.330. The third kappa shape index (κ3) is 3.41. The van der Waals surface area contributed by atoms with Crippen molar-refractivity contribution >= 4 is 45.2 Å². The van der Waals surface area contributed by atoms with Gasteiger partial charge in [-0.2, -0.15) is 0 Å². The summed E-state index contributed by atoms with van der Waals surface area (Å²) >= 11 is 8.37. The van der Waals surface area contributed by atoms with Crippen LogP contribution in [0.15, 0.2) is 18.2 Å². The minimum Gasteiger partial charge on any atom is -0.324 e. The van der Waals surface area contributed by atoms with E-state index >= 15 is 0 Å². The summed E-state index contributed by atoms with van der Waals surface area (Å²) in [6, 6.07) is 6.78. The molecule has 1 aromatic heterocycles. The van der Waals surface area contributed by atoms with Crippen LogP contribution in [0.4, 0.5) is 0 Å². The fourth-order valence-corrected chi connectivity index (χ4v) is 2.95. The molecule has 2 aromatic rings. The Morgan fingerprint density at radius 1 is 1.42 bits per heavy atom. The van der Waals surface area contributed by atoms with Gasteiger partial charge in [0.2, 0.25) is 0 Å². The van der Waals surface area contributed by atoms with Crippen molar-refractivity contribution in [1.82, 2.24) is 14.5 Å². The van der Waals surface area contributed by atoms with Crippen LogP contribution in [0.1, 0.15) is 25.2 Å². The smallest absolute Gasteiger partial charge is 0.125 e. The number of nitrogens with zero attached hydrogens (tertiary/aromatic N) is 3. The molecule has 0 amide bonds. The summed E-state index contributed by atoms with van der Waals surface area (Å²) < 4.78 is 3.49. The first-order valence-electron chi connectivity index (χ1n) is 6.40. The highest BCUT2D eigenvalue weighted by Crippen LogP contribution is 2.25. The molecule has 0 N–H and O–H groups in total. The summed E-state index contributed by atoms with van der Waals surface area (Å²) in [4.78, 5) is 6.86. The number of rotatable bonds is 5. The fraction of sp³-hybridized carbons (Fsp3) is 0.500. The first-order valence-corrected chi connectivity index (χ1v) is 8.01. The minimum absolute atomic E-state index is 0.404. The van der Waals surface area contributed by atoms with Crippen LogP contribution in [0.3, 0.4) is 0 Å². The van der Waals surface area contributed by atoms with Crippen LogP contribution in [-0.2, 0) is 5.88 Å². The van der Waals surface area contributed by atoms with Crippen molar-refractivity contribution in [2.45, 2.75) is 25.3 Å². The Morgan fingerprint density at radius 3 is 2.79 bits per heavy atom. The first kappa shape index (κ1) is 15.1. The van der Waals surface area contributed by atoms with Crippen molar-refractivity contribution in [3.8, 4) is 0 Å². The van der Waals surface area contributed by atoms with Crippen LogP contribution in [0.5, 0.6) is 0 Å². The molecule has 0 aliphatic rings. The number of fused-ring (bicyclic) bond motifs is 1. The fourth-order valence-electron chi connectivity index (χ4n) is 2.28. The first-order chi connectivity index (χ1) is 9.02. The molecular weight excluding hydrogens is 373 g/mol. The van der Waals surface area contributed by atoms with Crippen LogP contribution in [-0.4, -0.2) is 35.1 Å². The molecule has 3 nitrogen and oxygen atoms in total. The number of alkyl halides is 1. The van der Waals surface area contributed by atoms with E-state index in [1.165, 1.54) is 9.09 Å². The lowest BCUT2D eigenvalue weighted by atomic mass is 10.2. The zero-order chi connectivity index (χ0) is 14.0. The largest absolute Gasteiger partial charge is 0.324 e. The third-order valence-corrected chi connectivity index (χ3v) is 4.19. The second-order valence-corrected chi connectivity index (χ2v) is 6.62. The maximum absolute atomic E-state index is 6.05. The number of imidazole rings is 1. The molecule has 104 valence electrons. The molecular formula is C14H19ClIN3. The number of aromatic nitrogens is 2. The van der Waals surface area contributed by atoms with E-state index in [2.05, 4.69) is 76.3 Å². The van der Waals surface area contributed by atoms with Crippen LogP contribution < -0.4 is 0 Å². The highest BCUT2D eigenvalue weighted by Gasteiger charge is 2.15. The molecule has 0 saturated carbocycles. The lowest BCUT2D eigenvalue weighted by Crippen LogP contribution is -2.18. The summed E-state index contributed by atoms with van der Waals surface area (Å²) in [5.41, 5.74) is 2.22. The third-order valence-electron chi connectivity index (χ3n) is 3.28. The average molecular weight is 392 g/mol. The van der Waals surface area contributed by atoms with Gasteiger partial charge in [-0.25, -0.2) is 4.98 Å². The predicted molar refractivity (Wildman–Crippen MR) is 89.9 cm³/mol. The van der Waals surface area contributed by atoms with Gasteiger partial charge in [-0.3, -0.25) is 0 Å². The van der Waals surface area contributed by atoms with E-state index in [9.17, 15) is 0 Å². The standard InChI is InChI=1S/C14H19ClIN3/c1-10(6-7-18(2)3)19-13-5-4-11(16)8-12(13)17-14(19)9-15/h4-5,8,10H,6-7,9H2,1-3H3. The maximum Gasteiger partial charge on any atom is 0.125 e. The lowest BCUT2D eigenvalue weighted by Gasteiger charge is -2.19. The Balaban J connectivity index is 2.39. The predicted octanol–water partition coefficient (Wildman–Crippen LogP) is 3.89. The molecule has 0 aliphatic heterocycles. The zero-order valence-electron chi connectivity index (χ0n) is 11.5. The molecule has 0 bridgehead atoms. The van der Waals surface area contributed by atoms with Gasteiger partial charge < -0.3 is 9.47 Å². The van der Waals surface area contributed by atoms with E-state index in [0.717, 1.165) is 24.3 Å². The Kier molecular flexibility index (Phi) is 5.09. The van der Waals surface area contributed by atoms with E-state index in [1.807, 2.05) is 0 Å². The van der Waals surface area contributed by atoms with Crippen LogP contribution in [0.2, 0.25) is 0 Å². The van der Waals surface area contributed by atoms with E-state index in [1.54, 1.807) is 0 Å². The van der Waals surface area contributed by atoms with Crippen LogP contribution in [0.25, 0.3) is 11.0 Å². The molecule has 5 heteroatoms. The lowest BCUT2D eigenvalue weighted by molar-refractivity contribution is 0.358. The summed E-state index contributed by atoms with van der Waals surface area (Å²) in [6.45, 7) is 3.30. The Labute approximate surface area is 133 Å². The van der Waals surface area contributed by atoms with Gasteiger partial charge in [0.15, 0.2) is 0 Å². The topological polar surface area (TPSA) is 21.1 Å². The number of halogens is 2.